The molecule has 0 aromatic heterocycles. The van der Waals surface area contributed by atoms with Gasteiger partial charge in [0.1, 0.15) is 0 Å². The second-order valence-corrected chi connectivity index (χ2v) is 3.04. The van der Waals surface area contributed by atoms with Crippen LogP contribution in [0, 0.1) is 11.3 Å². The molecular formula is C8H3F10NO3. The van der Waals surface area contributed by atoms with Crippen molar-refractivity contribution in [2.45, 2.75) is 31.1 Å². The van der Waals surface area contributed by atoms with Crippen molar-refractivity contribution in [3.05, 3.63) is 0 Å². The number of carbonyl (C=O) groups excluding carboxylic acids is 2. The summed E-state index contributed by atoms with van der Waals surface area (Å²) in [5.41, 5.74) is 0. The number of hydrogen-bond acceptors (Lipinski definition) is 4. The van der Waals surface area contributed by atoms with Gasteiger partial charge in [-0.3, -0.25) is 0 Å². The average molecular weight is 351 g/mol. The number of nitrogens with zero attached hydrogens (tertiary/aromatic N) is 1. The zero-order chi connectivity index (χ0) is 18.6. The highest BCUT2D eigenvalue weighted by atomic mass is 19.4. The Morgan fingerprint density at radius 1 is 0.773 bits per heavy atom. The Bertz CT molecular complexity index is 422. The smallest absolute Gasteiger partial charge is 0.384 e. The summed E-state index contributed by atoms with van der Waals surface area (Å²) in [6.07, 6.45) is -13.3. The number of alkyl halides is 10. The van der Waals surface area contributed by atoms with Gasteiger partial charge in [0.15, 0.2) is 0 Å². The Morgan fingerprint density at radius 2 is 0.955 bits per heavy atom. The minimum absolute atomic E-state index is 1.43. The molecule has 0 aliphatic heterocycles. The van der Waals surface area contributed by atoms with Crippen LogP contribution < -0.4 is 0 Å². The summed E-state index contributed by atoms with van der Waals surface area (Å²) < 4.78 is 120. The predicted octanol–water partition coefficient (Wildman–Crippen LogP) is 2.98. The topological polar surface area (TPSA) is 67.2 Å². The van der Waals surface area contributed by atoms with E-state index in [0.717, 1.165) is 0 Å². The van der Waals surface area contributed by atoms with Gasteiger partial charge in [-0.2, -0.15) is 49.2 Å². The Kier molecular flexibility index (Phi) is 6.86. The first-order valence-electron chi connectivity index (χ1n) is 4.43. The van der Waals surface area contributed by atoms with Crippen molar-refractivity contribution in [1.29, 1.82) is 5.26 Å². The summed E-state index contributed by atoms with van der Waals surface area (Å²) in [5, 5.41) is 7.32. The van der Waals surface area contributed by atoms with Crippen LogP contribution in [0.25, 0.3) is 0 Å². The number of carbonyl (C=O) groups is 2. The van der Waals surface area contributed by atoms with Crippen LogP contribution in [0.1, 0.15) is 6.92 Å². The van der Waals surface area contributed by atoms with Crippen LogP contribution in [0.4, 0.5) is 43.9 Å². The maximum atomic E-state index is 12.1. The van der Waals surface area contributed by atoms with Gasteiger partial charge in [-0.15, -0.1) is 0 Å². The fraction of sp³-hybridized carbons (Fsp3) is 0.625. The number of esters is 2. The number of ether oxygens (including phenoxy) is 1. The average Bonchev–Trinajstić information content (AvgIpc) is 2.26. The molecule has 0 aliphatic rings. The van der Waals surface area contributed by atoms with Gasteiger partial charge in [0.2, 0.25) is 0 Å². The molecule has 0 heterocycles. The van der Waals surface area contributed by atoms with Gasteiger partial charge in [0.05, 0.1) is 6.07 Å². The normalized spacial score (nSPS) is 12.6. The summed E-state index contributed by atoms with van der Waals surface area (Å²) in [6.45, 7) is 1.43. The predicted molar refractivity (Wildman–Crippen MR) is 44.4 cm³/mol. The van der Waals surface area contributed by atoms with Crippen LogP contribution in [0.15, 0.2) is 0 Å². The lowest BCUT2D eigenvalue weighted by Crippen LogP contribution is -2.51. The molecule has 0 saturated carbocycles. The third-order valence-corrected chi connectivity index (χ3v) is 1.41. The molecule has 0 fully saturated rings. The molecule has 0 saturated heterocycles. The Morgan fingerprint density at radius 3 is 1.09 bits per heavy atom. The Balaban J connectivity index is 0. The molecule has 0 spiro atoms. The molecule has 0 aromatic rings. The maximum Gasteiger partial charge on any atom is 0.465 e. The minimum atomic E-state index is -6.63. The van der Waals surface area contributed by atoms with Crippen LogP contribution in [0.5, 0.6) is 0 Å². The van der Waals surface area contributed by atoms with E-state index in [0.29, 0.717) is 0 Å². The van der Waals surface area contributed by atoms with Crippen molar-refractivity contribution in [1.82, 2.24) is 0 Å². The molecule has 14 heteroatoms. The van der Waals surface area contributed by atoms with E-state index in [9.17, 15) is 53.5 Å². The van der Waals surface area contributed by atoms with Gasteiger partial charge in [-0.1, -0.05) is 0 Å². The van der Waals surface area contributed by atoms with E-state index in [4.69, 9.17) is 5.26 Å². The molecule has 128 valence electrons. The van der Waals surface area contributed by atoms with Crippen molar-refractivity contribution in [2.24, 2.45) is 0 Å². The van der Waals surface area contributed by atoms with E-state index in [2.05, 4.69) is 4.74 Å². The molecule has 0 rings (SSSR count). The molecule has 0 aromatic carbocycles. The van der Waals surface area contributed by atoms with Crippen LogP contribution in [-0.4, -0.2) is 36.1 Å². The summed E-state index contributed by atoms with van der Waals surface area (Å²) >= 11 is 0. The highest BCUT2D eigenvalue weighted by molar-refractivity contribution is 5.93. The summed E-state index contributed by atoms with van der Waals surface area (Å²) in [4.78, 5) is 20.2. The van der Waals surface area contributed by atoms with Crippen molar-refractivity contribution in [3.63, 3.8) is 0 Å². The molecule has 0 radical (unpaired) electrons. The minimum Gasteiger partial charge on any atom is -0.384 e. The van der Waals surface area contributed by atoms with Crippen LogP contribution in [-0.2, 0) is 14.3 Å². The molecule has 22 heavy (non-hydrogen) atoms. The standard InChI is InChI=1S/C6F10O3.C2H3N/c7-3(8,5(11,12)13)1(17)19-2(18)4(9,10)6(14,15)16;1-2-3/h;1H3. The van der Waals surface area contributed by atoms with E-state index in [1.807, 2.05) is 0 Å². The van der Waals surface area contributed by atoms with Gasteiger partial charge >= 0.3 is 36.1 Å². The Hall–Kier alpha value is -2.07. The zero-order valence-corrected chi connectivity index (χ0v) is 9.95. The molecule has 0 bridgehead atoms. The zero-order valence-electron chi connectivity index (χ0n) is 9.95. The number of halogens is 10. The van der Waals surface area contributed by atoms with Crippen molar-refractivity contribution >= 4 is 11.9 Å². The fourth-order valence-electron chi connectivity index (χ4n) is 0.444. The van der Waals surface area contributed by atoms with Crippen molar-refractivity contribution in [3.8, 4) is 6.07 Å². The summed E-state index contributed by atoms with van der Waals surface area (Å²) in [7, 11) is 0. The maximum absolute atomic E-state index is 12.1. The lowest BCUT2D eigenvalue weighted by Gasteiger charge is -2.20. The third kappa shape index (κ3) is 5.04. The lowest BCUT2D eigenvalue weighted by molar-refractivity contribution is -0.292. The first-order chi connectivity index (χ1) is 9.46. The van der Waals surface area contributed by atoms with E-state index < -0.39 is 36.1 Å². The number of rotatable bonds is 2. The van der Waals surface area contributed by atoms with Gasteiger partial charge in [-0.05, 0) is 0 Å². The highest BCUT2D eigenvalue weighted by Gasteiger charge is 2.69. The molecule has 0 unspecified atom stereocenters. The monoisotopic (exact) mass is 351 g/mol. The van der Waals surface area contributed by atoms with E-state index in [-0.39, 0.29) is 0 Å². The van der Waals surface area contributed by atoms with E-state index in [1.165, 1.54) is 6.92 Å². The van der Waals surface area contributed by atoms with Gasteiger partial charge in [-0.25, -0.2) is 9.59 Å². The summed E-state index contributed by atoms with van der Waals surface area (Å²) in [5.74, 6) is -20.6. The first kappa shape index (κ1) is 22.2. The lowest BCUT2D eigenvalue weighted by atomic mass is 10.3. The second-order valence-electron chi connectivity index (χ2n) is 3.04. The summed E-state index contributed by atoms with van der Waals surface area (Å²) in [6, 6.07) is 1.75. The quantitative estimate of drug-likeness (QED) is 0.436. The molecular weight excluding hydrogens is 348 g/mol. The highest BCUT2D eigenvalue weighted by Crippen LogP contribution is 2.39. The van der Waals surface area contributed by atoms with Crippen molar-refractivity contribution < 1.29 is 58.2 Å². The van der Waals surface area contributed by atoms with E-state index in [1.54, 1.807) is 6.07 Å². The number of nitriles is 1. The number of hydrogen-bond donors (Lipinski definition) is 0. The largest absolute Gasteiger partial charge is 0.465 e. The molecule has 4 nitrogen and oxygen atoms in total. The van der Waals surface area contributed by atoms with Gasteiger partial charge < -0.3 is 4.74 Å². The molecule has 0 aliphatic carbocycles. The van der Waals surface area contributed by atoms with Crippen molar-refractivity contribution in [2.75, 3.05) is 0 Å². The van der Waals surface area contributed by atoms with Crippen LogP contribution >= 0.6 is 0 Å². The Labute approximate surface area is 114 Å². The molecule has 0 N–H and O–H groups in total. The van der Waals surface area contributed by atoms with Gasteiger partial charge in [0.25, 0.3) is 0 Å². The fourth-order valence-corrected chi connectivity index (χ4v) is 0.444. The molecule has 0 atom stereocenters. The third-order valence-electron chi connectivity index (χ3n) is 1.41. The van der Waals surface area contributed by atoms with E-state index >= 15 is 0 Å². The van der Waals surface area contributed by atoms with Crippen LogP contribution in [0.3, 0.4) is 0 Å². The molecule has 0 amide bonds. The second kappa shape index (κ2) is 6.79. The van der Waals surface area contributed by atoms with Gasteiger partial charge in [0, 0.05) is 6.92 Å². The van der Waals surface area contributed by atoms with Crippen LogP contribution in [0.2, 0.25) is 0 Å². The SMILES string of the molecule is CC#N.O=C(OC(=O)C(F)(F)C(F)(F)F)C(F)(F)C(F)(F)F. The first-order valence-corrected chi connectivity index (χ1v) is 4.43.